The van der Waals surface area contributed by atoms with Crippen molar-refractivity contribution in [3.8, 4) is 0 Å². The molecule has 3 aliphatic rings. The van der Waals surface area contributed by atoms with Crippen LogP contribution < -0.4 is 21.7 Å². The first-order chi connectivity index (χ1) is 17.8. The fourth-order valence-electron chi connectivity index (χ4n) is 5.88. The van der Waals surface area contributed by atoms with E-state index in [0.29, 0.717) is 13.0 Å². The number of hydrogen-bond donors (Lipinski definition) is 4. The molecule has 5 N–H and O–H groups in total. The molecule has 0 bridgehead atoms. The van der Waals surface area contributed by atoms with Gasteiger partial charge in [-0.25, -0.2) is 0 Å². The lowest BCUT2D eigenvalue weighted by molar-refractivity contribution is -0.152. The van der Waals surface area contributed by atoms with E-state index >= 15 is 0 Å². The first kappa shape index (κ1) is 31.2. The van der Waals surface area contributed by atoms with Crippen molar-refractivity contribution >= 4 is 45.5 Å². The minimum Gasteiger partial charge on any atom is -0.370 e. The van der Waals surface area contributed by atoms with Gasteiger partial charge in [0.05, 0.1) is 11.7 Å². The fourth-order valence-corrected chi connectivity index (χ4v) is 5.99. The number of carbonyl (C=O) groups is 5. The third-order valence-corrected chi connectivity index (χ3v) is 8.28. The molecule has 0 aromatic rings. The average Bonchev–Trinajstić information content (AvgIpc) is 3.14. The molecule has 11 nitrogen and oxygen atoms in total. The van der Waals surface area contributed by atoms with E-state index in [0.717, 1.165) is 0 Å². The zero-order valence-corrected chi connectivity index (χ0v) is 24.6. The highest BCUT2D eigenvalue weighted by Crippen LogP contribution is 2.65. The molecular formula is C25H38BrF2N5O6. The summed E-state index contributed by atoms with van der Waals surface area (Å²) in [5.74, 6) is -4.98. The number of amides is 5. The SMILES string of the molecule is C[C@@H](OC(C)(C)C)[C@H](NC(=O)C(F)(F)Br)C(=O)N1C[C@H]2[C@@H]([C@H]1C(=O)N[C@@H](C[C@@H]1CCNC1=O)C(N)=O)C2(C)C. The lowest BCUT2D eigenvalue weighted by Crippen LogP contribution is -2.61. The largest absolute Gasteiger partial charge is 0.377 e. The Kier molecular flexibility index (Phi) is 8.72. The first-order valence-electron chi connectivity index (χ1n) is 13.0. The molecule has 0 spiro atoms. The Bertz CT molecular complexity index is 1030. The molecule has 2 aliphatic heterocycles. The van der Waals surface area contributed by atoms with Gasteiger partial charge in [0.1, 0.15) is 18.1 Å². The Morgan fingerprint density at radius 2 is 1.85 bits per heavy atom. The molecule has 2 saturated heterocycles. The minimum atomic E-state index is -3.93. The van der Waals surface area contributed by atoms with Crippen LogP contribution >= 0.6 is 15.9 Å². The average molecular weight is 623 g/mol. The summed E-state index contributed by atoms with van der Waals surface area (Å²) in [5, 5.41) is 7.37. The van der Waals surface area contributed by atoms with Crippen LogP contribution in [0.3, 0.4) is 0 Å². The molecule has 0 aromatic carbocycles. The van der Waals surface area contributed by atoms with Gasteiger partial charge in [0.15, 0.2) is 0 Å². The predicted molar refractivity (Wildman–Crippen MR) is 139 cm³/mol. The molecule has 0 aromatic heterocycles. The zero-order valence-electron chi connectivity index (χ0n) is 23.0. The normalized spacial score (nSPS) is 28.1. The van der Waals surface area contributed by atoms with Crippen molar-refractivity contribution in [2.45, 2.75) is 89.0 Å². The van der Waals surface area contributed by atoms with Crippen molar-refractivity contribution in [1.82, 2.24) is 20.9 Å². The standard InChI is InChI=1S/C25H38BrF2N5O6/c1-11(39-23(2,3)4)16(32-22(38)25(26,27)28)21(37)33-10-13-15(24(13,5)6)17(33)20(36)31-14(18(29)34)9-12-7-8-30-19(12)35/h11-17H,7-10H2,1-6H3,(H2,29,34)(H,30,35)(H,31,36)(H,32,38)/t11-,12+,13+,14+,15+,16+,17+/m1/s1. The maximum atomic E-state index is 13.8. The van der Waals surface area contributed by atoms with E-state index in [9.17, 15) is 32.8 Å². The van der Waals surface area contributed by atoms with Crippen molar-refractivity contribution in [3.05, 3.63) is 0 Å². The number of carbonyl (C=O) groups excluding carboxylic acids is 5. The maximum absolute atomic E-state index is 13.8. The summed E-state index contributed by atoms with van der Waals surface area (Å²) in [6.45, 7) is 11.1. The molecule has 39 heavy (non-hydrogen) atoms. The summed E-state index contributed by atoms with van der Waals surface area (Å²) in [6.07, 6.45) is -0.514. The van der Waals surface area contributed by atoms with Crippen LogP contribution in [0.1, 0.15) is 54.4 Å². The molecule has 7 atom stereocenters. The summed E-state index contributed by atoms with van der Waals surface area (Å²) in [5.41, 5.74) is 4.48. The second kappa shape index (κ2) is 10.9. The second-order valence-corrected chi connectivity index (χ2v) is 13.2. The number of nitrogens with one attached hydrogen (secondary N) is 3. The molecule has 0 radical (unpaired) electrons. The van der Waals surface area contributed by atoms with Gasteiger partial charge in [-0.15, -0.1) is 0 Å². The predicted octanol–water partition coefficient (Wildman–Crippen LogP) is 0.642. The topological polar surface area (TPSA) is 160 Å². The molecule has 3 rings (SSSR count). The van der Waals surface area contributed by atoms with E-state index in [1.807, 2.05) is 29.8 Å². The second-order valence-electron chi connectivity index (χ2n) is 12.2. The molecule has 1 saturated carbocycles. The van der Waals surface area contributed by atoms with E-state index < -0.39 is 64.2 Å². The molecule has 1 aliphatic carbocycles. The monoisotopic (exact) mass is 621 g/mol. The van der Waals surface area contributed by atoms with Gasteiger partial charge in [-0.1, -0.05) is 13.8 Å². The highest BCUT2D eigenvalue weighted by molar-refractivity contribution is 9.10. The summed E-state index contributed by atoms with van der Waals surface area (Å²) < 4.78 is 33.2. The van der Waals surface area contributed by atoms with Crippen molar-refractivity contribution in [1.29, 1.82) is 0 Å². The van der Waals surface area contributed by atoms with Crippen LogP contribution in [-0.2, 0) is 28.7 Å². The van der Waals surface area contributed by atoms with Crippen LogP contribution in [-0.4, -0.2) is 82.2 Å². The van der Waals surface area contributed by atoms with Crippen LogP contribution in [0.2, 0.25) is 0 Å². The fraction of sp³-hybridized carbons (Fsp3) is 0.800. The maximum Gasteiger partial charge on any atom is 0.377 e. The molecule has 2 heterocycles. The number of piperidine rings is 1. The number of primary amides is 1. The third kappa shape index (κ3) is 6.87. The van der Waals surface area contributed by atoms with Gasteiger partial charge in [-0.2, -0.15) is 8.78 Å². The van der Waals surface area contributed by atoms with Gasteiger partial charge in [0, 0.05) is 34.9 Å². The van der Waals surface area contributed by atoms with Crippen molar-refractivity contribution in [2.75, 3.05) is 13.1 Å². The third-order valence-electron chi connectivity index (χ3n) is 7.92. The molecule has 0 unspecified atom stereocenters. The Hall–Kier alpha value is -2.35. The van der Waals surface area contributed by atoms with Crippen molar-refractivity contribution < 1.29 is 37.5 Å². The Balaban J connectivity index is 1.86. The van der Waals surface area contributed by atoms with Gasteiger partial charge >= 0.3 is 10.7 Å². The van der Waals surface area contributed by atoms with Crippen LogP contribution in [0.25, 0.3) is 0 Å². The number of alkyl halides is 3. The zero-order chi connectivity index (χ0) is 29.7. The van der Waals surface area contributed by atoms with Gasteiger partial charge < -0.3 is 31.3 Å². The number of rotatable bonds is 10. The first-order valence-corrected chi connectivity index (χ1v) is 13.8. The molecule has 5 amide bonds. The van der Waals surface area contributed by atoms with Crippen LogP contribution in [0, 0.1) is 23.2 Å². The minimum absolute atomic E-state index is 0.0144. The van der Waals surface area contributed by atoms with E-state index in [-0.39, 0.29) is 36.1 Å². The lowest BCUT2D eigenvalue weighted by Gasteiger charge is -2.37. The van der Waals surface area contributed by atoms with Gasteiger partial charge in [-0.05, 0) is 57.8 Å². The number of ether oxygens (including phenoxy) is 1. The van der Waals surface area contributed by atoms with Gasteiger partial charge in [-0.3, -0.25) is 24.0 Å². The number of hydrogen-bond acceptors (Lipinski definition) is 6. The molecule has 3 fully saturated rings. The molecule has 14 heteroatoms. The summed E-state index contributed by atoms with van der Waals surface area (Å²) in [4.78, 5) is 61.1. The summed E-state index contributed by atoms with van der Waals surface area (Å²) in [6, 6.07) is -3.71. The van der Waals surface area contributed by atoms with Crippen LogP contribution in [0.5, 0.6) is 0 Å². The van der Waals surface area contributed by atoms with E-state index in [1.165, 1.54) is 11.8 Å². The number of nitrogens with two attached hydrogens (primary N) is 1. The van der Waals surface area contributed by atoms with Crippen LogP contribution in [0.15, 0.2) is 0 Å². The summed E-state index contributed by atoms with van der Waals surface area (Å²) >= 11 is 2.02. The van der Waals surface area contributed by atoms with Gasteiger partial charge in [0.25, 0.3) is 0 Å². The number of likely N-dealkylation sites (tertiary alicyclic amines) is 1. The quantitative estimate of drug-likeness (QED) is 0.262. The molecular weight excluding hydrogens is 584 g/mol. The number of nitrogens with zero attached hydrogens (tertiary/aromatic N) is 1. The summed E-state index contributed by atoms with van der Waals surface area (Å²) in [7, 11) is 0. The van der Waals surface area contributed by atoms with Crippen molar-refractivity contribution in [3.63, 3.8) is 0 Å². The highest BCUT2D eigenvalue weighted by atomic mass is 79.9. The Labute approximate surface area is 234 Å². The number of halogens is 3. The van der Waals surface area contributed by atoms with Crippen LogP contribution in [0.4, 0.5) is 8.78 Å². The highest BCUT2D eigenvalue weighted by Gasteiger charge is 2.69. The number of fused-ring (bicyclic) bond motifs is 1. The van der Waals surface area contributed by atoms with E-state index in [2.05, 4.69) is 16.0 Å². The van der Waals surface area contributed by atoms with E-state index in [4.69, 9.17) is 10.5 Å². The van der Waals surface area contributed by atoms with E-state index in [1.54, 1.807) is 20.8 Å². The smallest absolute Gasteiger partial charge is 0.370 e. The Morgan fingerprint density at radius 1 is 1.23 bits per heavy atom. The van der Waals surface area contributed by atoms with Gasteiger partial charge in [0.2, 0.25) is 23.6 Å². The van der Waals surface area contributed by atoms with Crippen molar-refractivity contribution in [2.24, 2.45) is 28.9 Å². The lowest BCUT2D eigenvalue weighted by atomic mass is 9.96. The Morgan fingerprint density at radius 3 is 2.33 bits per heavy atom. The molecule has 220 valence electrons.